The molecule has 5 nitrogen and oxygen atoms in total. The molecule has 0 aromatic heterocycles. The molecular formula is C21H22O5. The molecule has 1 aromatic carbocycles. The Balaban J connectivity index is 1.82. The van der Waals surface area contributed by atoms with Crippen molar-refractivity contribution < 1.29 is 23.9 Å². The van der Waals surface area contributed by atoms with Crippen molar-refractivity contribution in [3.63, 3.8) is 0 Å². The van der Waals surface area contributed by atoms with E-state index in [0.29, 0.717) is 0 Å². The van der Waals surface area contributed by atoms with Crippen molar-refractivity contribution in [3.8, 4) is 11.8 Å². The molecule has 26 heavy (non-hydrogen) atoms. The molecular weight excluding hydrogens is 332 g/mol. The van der Waals surface area contributed by atoms with Gasteiger partial charge in [0.05, 0.1) is 20.0 Å². The lowest BCUT2D eigenvalue weighted by Gasteiger charge is -2.36. The van der Waals surface area contributed by atoms with Gasteiger partial charge in [-0.15, -0.1) is 0 Å². The molecule has 0 radical (unpaired) electrons. The number of hydrogen-bond donors (Lipinski definition) is 0. The summed E-state index contributed by atoms with van der Waals surface area (Å²) in [4.78, 5) is 35.2. The number of methoxy groups -OCH3 is 1. The number of carbonyl (C=O) groups excluding carboxylic acids is 3. The van der Waals surface area contributed by atoms with Gasteiger partial charge in [-0.3, -0.25) is 14.4 Å². The maximum absolute atomic E-state index is 12.0. The topological polar surface area (TPSA) is 69.7 Å². The number of Topliss-reactive ketones (excluding diaryl/α,β-unsaturated/α-hetero) is 1. The third kappa shape index (κ3) is 4.13. The highest BCUT2D eigenvalue weighted by atomic mass is 16.6. The number of esters is 2. The van der Waals surface area contributed by atoms with Gasteiger partial charge in [0.15, 0.2) is 5.60 Å². The minimum absolute atomic E-state index is 0.101. The summed E-state index contributed by atoms with van der Waals surface area (Å²) in [6.45, 7) is 0. The predicted octanol–water partition coefficient (Wildman–Crippen LogP) is 2.59. The molecule has 1 heterocycles. The fourth-order valence-corrected chi connectivity index (χ4v) is 3.71. The Kier molecular flexibility index (Phi) is 5.41. The smallest absolute Gasteiger partial charge is 0.314 e. The lowest BCUT2D eigenvalue weighted by molar-refractivity contribution is -0.168. The first-order chi connectivity index (χ1) is 12.5. The summed E-state index contributed by atoms with van der Waals surface area (Å²) in [6.07, 6.45) is 4.22. The quantitative estimate of drug-likeness (QED) is 0.474. The van der Waals surface area contributed by atoms with Gasteiger partial charge in [0, 0.05) is 11.5 Å². The fourth-order valence-electron chi connectivity index (χ4n) is 3.71. The van der Waals surface area contributed by atoms with Crippen LogP contribution in [0, 0.1) is 17.8 Å². The van der Waals surface area contributed by atoms with E-state index < -0.39 is 11.6 Å². The number of hydrogen-bond acceptors (Lipinski definition) is 5. The molecule has 0 N–H and O–H groups in total. The number of ketones is 1. The summed E-state index contributed by atoms with van der Waals surface area (Å²) in [5, 5.41) is 0. The second kappa shape index (κ2) is 7.74. The van der Waals surface area contributed by atoms with E-state index in [4.69, 9.17) is 4.74 Å². The molecule has 3 rings (SSSR count). The summed E-state index contributed by atoms with van der Waals surface area (Å²) in [7, 11) is 1.36. The van der Waals surface area contributed by atoms with E-state index in [9.17, 15) is 14.4 Å². The maximum atomic E-state index is 12.0. The number of carbonyl (C=O) groups is 3. The number of cyclic esters (lactones) is 1. The molecule has 0 amide bonds. The SMILES string of the molecule is COC(=O)Cc1ccc(C#CC2(C3CCCC3)CC(=O)CC(=O)O2)cc1. The van der Waals surface area contributed by atoms with Gasteiger partial charge in [-0.25, -0.2) is 0 Å². The molecule has 0 bridgehead atoms. The van der Waals surface area contributed by atoms with Crippen molar-refractivity contribution in [3.05, 3.63) is 35.4 Å². The van der Waals surface area contributed by atoms with Crippen molar-refractivity contribution in [2.45, 2.75) is 50.5 Å². The number of benzene rings is 1. The van der Waals surface area contributed by atoms with Gasteiger partial charge >= 0.3 is 11.9 Å². The van der Waals surface area contributed by atoms with Crippen molar-refractivity contribution in [1.82, 2.24) is 0 Å². The molecule has 136 valence electrons. The Labute approximate surface area is 153 Å². The van der Waals surface area contributed by atoms with E-state index in [1.807, 2.05) is 24.3 Å². The summed E-state index contributed by atoms with van der Waals surface area (Å²) in [6, 6.07) is 7.28. The van der Waals surface area contributed by atoms with Gasteiger partial charge in [0.2, 0.25) is 0 Å². The average Bonchev–Trinajstić information content (AvgIpc) is 3.15. The second-order valence-corrected chi connectivity index (χ2v) is 6.94. The van der Waals surface area contributed by atoms with Crippen LogP contribution in [0.25, 0.3) is 0 Å². The Hall–Kier alpha value is -2.61. The zero-order valence-corrected chi connectivity index (χ0v) is 14.9. The Morgan fingerprint density at radius 3 is 2.54 bits per heavy atom. The van der Waals surface area contributed by atoms with Crippen molar-refractivity contribution in [2.24, 2.45) is 5.92 Å². The van der Waals surface area contributed by atoms with E-state index in [1.54, 1.807) is 0 Å². The first-order valence-corrected chi connectivity index (χ1v) is 8.93. The lowest BCUT2D eigenvalue weighted by Crippen LogP contribution is -2.46. The van der Waals surface area contributed by atoms with Crippen LogP contribution in [0.15, 0.2) is 24.3 Å². The second-order valence-electron chi connectivity index (χ2n) is 6.94. The van der Waals surface area contributed by atoms with Crippen LogP contribution in [0.5, 0.6) is 0 Å². The Morgan fingerprint density at radius 2 is 1.92 bits per heavy atom. The summed E-state index contributed by atoms with van der Waals surface area (Å²) >= 11 is 0. The van der Waals surface area contributed by atoms with Gasteiger partial charge in [-0.2, -0.15) is 0 Å². The monoisotopic (exact) mass is 354 g/mol. The molecule has 1 unspecified atom stereocenters. The Morgan fingerprint density at radius 1 is 1.23 bits per heavy atom. The van der Waals surface area contributed by atoms with Crippen LogP contribution >= 0.6 is 0 Å². The van der Waals surface area contributed by atoms with Crippen LogP contribution in [0.1, 0.15) is 49.7 Å². The highest BCUT2D eigenvalue weighted by Crippen LogP contribution is 2.40. The molecule has 1 aromatic rings. The maximum Gasteiger partial charge on any atom is 0.314 e. The van der Waals surface area contributed by atoms with E-state index in [-0.39, 0.29) is 36.9 Å². The van der Waals surface area contributed by atoms with Crippen LogP contribution in [0.2, 0.25) is 0 Å². The average molecular weight is 354 g/mol. The fraction of sp³-hybridized carbons (Fsp3) is 0.476. The number of ether oxygens (including phenoxy) is 2. The molecule has 1 saturated heterocycles. The number of rotatable bonds is 3. The summed E-state index contributed by atoms with van der Waals surface area (Å²) in [5.74, 6) is 5.43. The van der Waals surface area contributed by atoms with Gasteiger partial charge in [-0.05, 0) is 36.5 Å². The molecule has 1 saturated carbocycles. The van der Waals surface area contributed by atoms with Crippen LogP contribution < -0.4 is 0 Å². The van der Waals surface area contributed by atoms with Gasteiger partial charge in [0.25, 0.3) is 0 Å². The normalized spacial score (nSPS) is 23.1. The van der Waals surface area contributed by atoms with Crippen LogP contribution in [0.4, 0.5) is 0 Å². The minimum Gasteiger partial charge on any atom is -0.469 e. The van der Waals surface area contributed by atoms with E-state index in [1.165, 1.54) is 7.11 Å². The standard InChI is InChI=1S/C21H22O5/c1-25-19(23)12-16-8-6-15(7-9-16)10-11-21(17-4-2-3-5-17)14-18(22)13-20(24)26-21/h6-9,17H,2-5,12-14H2,1H3. The largest absolute Gasteiger partial charge is 0.469 e. The van der Waals surface area contributed by atoms with Crippen molar-refractivity contribution in [1.29, 1.82) is 0 Å². The van der Waals surface area contributed by atoms with E-state index in [0.717, 1.165) is 36.8 Å². The molecule has 0 spiro atoms. The molecule has 2 aliphatic rings. The van der Waals surface area contributed by atoms with Gasteiger partial charge in [0.1, 0.15) is 12.2 Å². The molecule has 5 heteroatoms. The Bertz CT molecular complexity index is 744. The van der Waals surface area contributed by atoms with Crippen LogP contribution in [-0.4, -0.2) is 30.4 Å². The van der Waals surface area contributed by atoms with E-state index >= 15 is 0 Å². The third-order valence-corrected chi connectivity index (χ3v) is 5.06. The van der Waals surface area contributed by atoms with E-state index in [2.05, 4.69) is 16.6 Å². The molecule has 1 aliphatic carbocycles. The summed E-state index contributed by atoms with van der Waals surface area (Å²) < 4.78 is 10.3. The third-order valence-electron chi connectivity index (χ3n) is 5.06. The van der Waals surface area contributed by atoms with Gasteiger partial charge in [-0.1, -0.05) is 30.9 Å². The first-order valence-electron chi connectivity index (χ1n) is 8.93. The van der Waals surface area contributed by atoms with Gasteiger partial charge < -0.3 is 9.47 Å². The predicted molar refractivity (Wildman–Crippen MR) is 94.1 cm³/mol. The minimum atomic E-state index is -0.992. The lowest BCUT2D eigenvalue weighted by atomic mass is 9.80. The first kappa shape index (κ1) is 18.2. The highest BCUT2D eigenvalue weighted by Gasteiger charge is 2.47. The van der Waals surface area contributed by atoms with Crippen LogP contribution in [0.3, 0.4) is 0 Å². The van der Waals surface area contributed by atoms with Crippen LogP contribution in [-0.2, 0) is 30.3 Å². The van der Waals surface area contributed by atoms with Crippen molar-refractivity contribution >= 4 is 17.7 Å². The molecule has 1 atom stereocenters. The summed E-state index contributed by atoms with van der Waals surface area (Å²) in [5.41, 5.74) is 0.602. The molecule has 1 aliphatic heterocycles. The zero-order chi connectivity index (χ0) is 18.6. The van der Waals surface area contributed by atoms with Crippen molar-refractivity contribution in [2.75, 3.05) is 7.11 Å². The highest BCUT2D eigenvalue weighted by molar-refractivity contribution is 5.98. The molecule has 2 fully saturated rings. The zero-order valence-electron chi connectivity index (χ0n) is 14.9.